The molecule has 0 bridgehead atoms. The molecule has 1 heterocycles. The lowest BCUT2D eigenvalue weighted by Crippen LogP contribution is -2.32. The highest BCUT2D eigenvalue weighted by atomic mass is 16.5. The monoisotopic (exact) mass is 380 g/mol. The standard InChI is InChI=1S/C22H24N2O4/c1-6-24-21(25)19(18-8-7-13(2)9-14(18)3)20(22(24)26)23-15-10-16(27-4)12-17(11-15)28-5/h7-12,23H,6H2,1-5H3. The Balaban J connectivity index is 2.14. The Kier molecular flexibility index (Phi) is 5.40. The van der Waals surface area contributed by atoms with Crippen LogP contribution in [0.1, 0.15) is 23.6 Å². The van der Waals surface area contributed by atoms with Crippen LogP contribution < -0.4 is 14.8 Å². The molecule has 0 saturated heterocycles. The molecule has 0 spiro atoms. The van der Waals surface area contributed by atoms with Gasteiger partial charge >= 0.3 is 0 Å². The van der Waals surface area contributed by atoms with E-state index in [4.69, 9.17) is 9.47 Å². The van der Waals surface area contributed by atoms with Gasteiger partial charge in [0.15, 0.2) is 0 Å². The first-order valence-electron chi connectivity index (χ1n) is 9.07. The number of nitrogens with zero attached hydrogens (tertiary/aromatic N) is 1. The Hall–Kier alpha value is -3.28. The molecular weight excluding hydrogens is 356 g/mol. The Morgan fingerprint density at radius 3 is 2.11 bits per heavy atom. The molecule has 0 aromatic heterocycles. The predicted octanol–water partition coefficient (Wildman–Crippen LogP) is 3.53. The summed E-state index contributed by atoms with van der Waals surface area (Å²) in [6.07, 6.45) is 0. The zero-order chi connectivity index (χ0) is 20.4. The molecule has 1 aliphatic rings. The minimum atomic E-state index is -0.343. The summed E-state index contributed by atoms with van der Waals surface area (Å²) in [7, 11) is 3.12. The van der Waals surface area contributed by atoms with Gasteiger partial charge in [0.1, 0.15) is 17.2 Å². The fourth-order valence-corrected chi connectivity index (χ4v) is 3.35. The number of hydrogen-bond donors (Lipinski definition) is 1. The SMILES string of the molecule is CCN1C(=O)C(Nc2cc(OC)cc(OC)c2)=C(c2ccc(C)cc2C)C1=O. The van der Waals surface area contributed by atoms with Gasteiger partial charge in [-0.3, -0.25) is 14.5 Å². The van der Waals surface area contributed by atoms with Crippen LogP contribution in [0.5, 0.6) is 11.5 Å². The molecule has 2 aromatic rings. The highest BCUT2D eigenvalue weighted by Crippen LogP contribution is 2.34. The summed E-state index contributed by atoms with van der Waals surface area (Å²) in [5.41, 5.74) is 4.03. The maximum absolute atomic E-state index is 13.0. The summed E-state index contributed by atoms with van der Waals surface area (Å²) >= 11 is 0. The number of hydrogen-bond acceptors (Lipinski definition) is 5. The average molecular weight is 380 g/mol. The summed E-state index contributed by atoms with van der Waals surface area (Å²) in [4.78, 5) is 27.2. The van der Waals surface area contributed by atoms with Crippen molar-refractivity contribution in [2.45, 2.75) is 20.8 Å². The summed E-state index contributed by atoms with van der Waals surface area (Å²) in [5, 5.41) is 3.13. The minimum Gasteiger partial charge on any atom is -0.497 e. The van der Waals surface area contributed by atoms with Crippen LogP contribution in [0.3, 0.4) is 0 Å². The van der Waals surface area contributed by atoms with Crippen LogP contribution in [-0.2, 0) is 9.59 Å². The lowest BCUT2D eigenvalue weighted by Gasteiger charge is -2.13. The van der Waals surface area contributed by atoms with Crippen molar-refractivity contribution in [3.05, 3.63) is 58.8 Å². The molecule has 1 aliphatic heterocycles. The Labute approximate surface area is 164 Å². The van der Waals surface area contributed by atoms with Crippen LogP contribution in [-0.4, -0.2) is 37.5 Å². The van der Waals surface area contributed by atoms with Gasteiger partial charge in [-0.2, -0.15) is 0 Å². The largest absolute Gasteiger partial charge is 0.497 e. The van der Waals surface area contributed by atoms with Crippen LogP contribution >= 0.6 is 0 Å². The first-order valence-corrected chi connectivity index (χ1v) is 9.07. The number of carbonyl (C=O) groups excluding carboxylic acids is 2. The van der Waals surface area contributed by atoms with Crippen LogP contribution in [0, 0.1) is 13.8 Å². The number of imide groups is 1. The predicted molar refractivity (Wildman–Crippen MR) is 108 cm³/mol. The smallest absolute Gasteiger partial charge is 0.278 e. The fourth-order valence-electron chi connectivity index (χ4n) is 3.35. The average Bonchev–Trinajstić information content (AvgIpc) is 2.91. The van der Waals surface area contributed by atoms with Crippen molar-refractivity contribution in [2.75, 3.05) is 26.1 Å². The second-order valence-electron chi connectivity index (χ2n) is 6.65. The molecule has 0 radical (unpaired) electrons. The second-order valence-corrected chi connectivity index (χ2v) is 6.65. The maximum atomic E-state index is 13.0. The van der Waals surface area contributed by atoms with Gasteiger partial charge in [-0.1, -0.05) is 23.8 Å². The highest BCUT2D eigenvalue weighted by molar-refractivity contribution is 6.36. The molecule has 146 valence electrons. The fraction of sp³-hybridized carbons (Fsp3) is 0.273. The molecule has 0 atom stereocenters. The number of anilines is 1. The quantitative estimate of drug-likeness (QED) is 0.777. The van der Waals surface area contributed by atoms with E-state index in [2.05, 4.69) is 5.32 Å². The van der Waals surface area contributed by atoms with E-state index in [0.717, 1.165) is 16.7 Å². The molecule has 2 amide bonds. The van der Waals surface area contributed by atoms with Crippen molar-refractivity contribution in [1.29, 1.82) is 0 Å². The van der Waals surface area contributed by atoms with E-state index in [0.29, 0.717) is 29.3 Å². The molecule has 0 fully saturated rings. The van der Waals surface area contributed by atoms with E-state index in [1.165, 1.54) is 4.90 Å². The zero-order valence-corrected chi connectivity index (χ0v) is 16.8. The molecule has 0 saturated carbocycles. The minimum absolute atomic E-state index is 0.258. The number of ether oxygens (including phenoxy) is 2. The first-order chi connectivity index (χ1) is 13.4. The molecule has 28 heavy (non-hydrogen) atoms. The maximum Gasteiger partial charge on any atom is 0.278 e. The van der Waals surface area contributed by atoms with Gasteiger partial charge in [0, 0.05) is 30.4 Å². The van der Waals surface area contributed by atoms with E-state index in [1.54, 1.807) is 39.3 Å². The van der Waals surface area contributed by atoms with E-state index in [9.17, 15) is 9.59 Å². The number of amides is 2. The third-order valence-electron chi connectivity index (χ3n) is 4.76. The summed E-state index contributed by atoms with van der Waals surface area (Å²) in [6, 6.07) is 11.1. The van der Waals surface area contributed by atoms with Crippen LogP contribution in [0.25, 0.3) is 5.57 Å². The molecule has 6 nitrogen and oxygen atoms in total. The Morgan fingerprint density at radius 1 is 0.929 bits per heavy atom. The molecule has 3 rings (SSSR count). The van der Waals surface area contributed by atoms with Crippen molar-refractivity contribution < 1.29 is 19.1 Å². The topological polar surface area (TPSA) is 67.9 Å². The number of rotatable bonds is 6. The van der Waals surface area contributed by atoms with Crippen LogP contribution in [0.2, 0.25) is 0 Å². The number of nitrogens with one attached hydrogen (secondary N) is 1. The summed E-state index contributed by atoms with van der Waals surface area (Å²) < 4.78 is 10.6. The van der Waals surface area contributed by atoms with E-state index in [-0.39, 0.29) is 17.5 Å². The van der Waals surface area contributed by atoms with Crippen molar-refractivity contribution in [3.63, 3.8) is 0 Å². The lowest BCUT2D eigenvalue weighted by molar-refractivity contribution is -0.136. The zero-order valence-electron chi connectivity index (χ0n) is 16.8. The normalized spacial score (nSPS) is 14.0. The third kappa shape index (κ3) is 3.45. The van der Waals surface area contributed by atoms with E-state index >= 15 is 0 Å². The van der Waals surface area contributed by atoms with Gasteiger partial charge in [0.25, 0.3) is 11.8 Å². The number of likely N-dealkylation sites (N-methyl/N-ethyl adjacent to an activating group) is 1. The highest BCUT2D eigenvalue weighted by Gasteiger charge is 2.38. The number of methoxy groups -OCH3 is 2. The van der Waals surface area contributed by atoms with Crippen molar-refractivity contribution >= 4 is 23.1 Å². The number of aryl methyl sites for hydroxylation is 2. The van der Waals surface area contributed by atoms with Gasteiger partial charge in [-0.05, 0) is 31.9 Å². The van der Waals surface area contributed by atoms with Crippen molar-refractivity contribution in [1.82, 2.24) is 4.90 Å². The molecule has 0 aliphatic carbocycles. The number of carbonyl (C=O) groups is 2. The van der Waals surface area contributed by atoms with Gasteiger partial charge < -0.3 is 14.8 Å². The second kappa shape index (κ2) is 7.76. The van der Waals surface area contributed by atoms with Gasteiger partial charge in [0.05, 0.1) is 19.8 Å². The molecule has 6 heteroatoms. The molecule has 0 unspecified atom stereocenters. The number of benzene rings is 2. The van der Waals surface area contributed by atoms with E-state index < -0.39 is 0 Å². The van der Waals surface area contributed by atoms with E-state index in [1.807, 2.05) is 32.0 Å². The molecular formula is C22H24N2O4. The van der Waals surface area contributed by atoms with Crippen LogP contribution in [0.15, 0.2) is 42.1 Å². The Bertz CT molecular complexity index is 956. The summed E-state index contributed by atoms with van der Waals surface area (Å²) in [5.74, 6) is 0.528. The van der Waals surface area contributed by atoms with Gasteiger partial charge in [-0.25, -0.2) is 0 Å². The summed E-state index contributed by atoms with van der Waals surface area (Å²) in [6.45, 7) is 6.02. The van der Waals surface area contributed by atoms with Gasteiger partial charge in [-0.15, -0.1) is 0 Å². The molecule has 1 N–H and O–H groups in total. The van der Waals surface area contributed by atoms with Crippen LogP contribution in [0.4, 0.5) is 5.69 Å². The van der Waals surface area contributed by atoms with Gasteiger partial charge in [0.2, 0.25) is 0 Å². The lowest BCUT2D eigenvalue weighted by atomic mass is 9.97. The Morgan fingerprint density at radius 2 is 1.57 bits per heavy atom. The third-order valence-corrected chi connectivity index (χ3v) is 4.76. The first kappa shape index (κ1) is 19.5. The van der Waals surface area contributed by atoms with Crippen molar-refractivity contribution in [2.24, 2.45) is 0 Å². The molecule has 2 aromatic carbocycles. The van der Waals surface area contributed by atoms with Crippen molar-refractivity contribution in [3.8, 4) is 11.5 Å².